The minimum atomic E-state index is -0.0741. The van der Waals surface area contributed by atoms with E-state index >= 15 is 0 Å². The summed E-state index contributed by atoms with van der Waals surface area (Å²) in [7, 11) is 0. The highest BCUT2D eigenvalue weighted by Gasteiger charge is 2.37. The van der Waals surface area contributed by atoms with Crippen LogP contribution >= 0.6 is 0 Å². The normalized spacial score (nSPS) is 13.6. The van der Waals surface area contributed by atoms with Crippen molar-refractivity contribution >= 4 is 32.3 Å². The summed E-state index contributed by atoms with van der Waals surface area (Å²) < 4.78 is 0. The third kappa shape index (κ3) is 3.40. The lowest BCUT2D eigenvalue weighted by atomic mass is 9.79. The number of aryl methyl sites for hydroxylation is 2. The summed E-state index contributed by atoms with van der Waals surface area (Å²) in [5, 5.41) is 7.87. The van der Waals surface area contributed by atoms with Gasteiger partial charge in [0.2, 0.25) is 0 Å². The predicted octanol–water partition coefficient (Wildman–Crippen LogP) is 11.4. The van der Waals surface area contributed by atoms with Gasteiger partial charge >= 0.3 is 0 Å². The molecular formula is C41H32. The lowest BCUT2D eigenvalue weighted by molar-refractivity contribution is 0.661. The Morgan fingerprint density at radius 1 is 0.390 bits per heavy atom. The summed E-state index contributed by atoms with van der Waals surface area (Å²) in [6.07, 6.45) is 0. The highest BCUT2D eigenvalue weighted by Crippen LogP contribution is 2.54. The van der Waals surface area contributed by atoms with Gasteiger partial charge in [0.15, 0.2) is 0 Å². The first-order valence-electron chi connectivity index (χ1n) is 14.6. The molecule has 0 saturated heterocycles. The molecule has 1 aliphatic rings. The van der Waals surface area contributed by atoms with Gasteiger partial charge in [-0.15, -0.1) is 0 Å². The van der Waals surface area contributed by atoms with E-state index in [-0.39, 0.29) is 5.41 Å². The van der Waals surface area contributed by atoms with Crippen molar-refractivity contribution in [3.8, 4) is 33.4 Å². The molecule has 1 aliphatic carbocycles. The smallest absolute Gasteiger partial charge is 0.0159 e. The SMILES string of the molecule is Cc1cc(C)cc(-c2c3ccccc3c(-c3cc4c(c5ccccc35)-c3ccccc3C4(C)C)c3ccccc23)c1. The Kier molecular flexibility index (Phi) is 5.10. The standard InChI is InChI=1S/C41H32/c1-25-21-26(2)23-27(22-25)38-30-15-7-9-17-32(30)39(33-18-10-8-16-31(33)38)35-24-37-40(29-14-6-5-13-28(29)35)34-19-11-12-20-36(34)41(37,3)4/h5-24H,1-4H3. The fraction of sp³-hybridized carbons (Fsp3) is 0.122. The average molecular weight is 525 g/mol. The highest BCUT2D eigenvalue weighted by atomic mass is 14.4. The van der Waals surface area contributed by atoms with Crippen molar-refractivity contribution in [3.05, 3.63) is 144 Å². The Hall–Kier alpha value is -4.68. The molecular weight excluding hydrogens is 492 g/mol. The molecule has 8 rings (SSSR count). The molecule has 41 heavy (non-hydrogen) atoms. The molecule has 0 atom stereocenters. The van der Waals surface area contributed by atoms with Gasteiger partial charge in [0.25, 0.3) is 0 Å². The summed E-state index contributed by atoms with van der Waals surface area (Å²) >= 11 is 0. The van der Waals surface area contributed by atoms with Gasteiger partial charge < -0.3 is 0 Å². The third-order valence-electron chi connectivity index (χ3n) is 9.30. The topological polar surface area (TPSA) is 0 Å². The Bertz CT molecular complexity index is 2110. The van der Waals surface area contributed by atoms with E-state index in [1.807, 2.05) is 0 Å². The van der Waals surface area contributed by atoms with E-state index in [9.17, 15) is 0 Å². The van der Waals surface area contributed by atoms with Gasteiger partial charge in [-0.2, -0.15) is 0 Å². The second-order valence-electron chi connectivity index (χ2n) is 12.3. The van der Waals surface area contributed by atoms with Crippen molar-refractivity contribution in [2.24, 2.45) is 0 Å². The molecule has 7 aromatic rings. The van der Waals surface area contributed by atoms with Gasteiger partial charge in [0, 0.05) is 5.41 Å². The van der Waals surface area contributed by atoms with E-state index in [2.05, 4.69) is 149 Å². The molecule has 0 spiro atoms. The van der Waals surface area contributed by atoms with E-state index in [1.165, 1.54) is 88.0 Å². The maximum Gasteiger partial charge on any atom is 0.0159 e. The minimum absolute atomic E-state index is 0.0741. The van der Waals surface area contributed by atoms with E-state index < -0.39 is 0 Å². The first-order valence-corrected chi connectivity index (χ1v) is 14.6. The van der Waals surface area contributed by atoms with E-state index in [0.717, 1.165) is 0 Å². The molecule has 0 aromatic heterocycles. The van der Waals surface area contributed by atoms with Crippen LogP contribution in [-0.4, -0.2) is 0 Å². The highest BCUT2D eigenvalue weighted by molar-refractivity contribution is 6.24. The Labute approximate surface area is 241 Å². The summed E-state index contributed by atoms with van der Waals surface area (Å²) in [5.41, 5.74) is 13.4. The van der Waals surface area contributed by atoms with Crippen LogP contribution in [0.1, 0.15) is 36.1 Å². The molecule has 196 valence electrons. The molecule has 0 heteroatoms. The van der Waals surface area contributed by atoms with Crippen LogP contribution in [0.15, 0.2) is 121 Å². The molecule has 0 unspecified atom stereocenters. The van der Waals surface area contributed by atoms with Crippen molar-refractivity contribution in [1.29, 1.82) is 0 Å². The quantitative estimate of drug-likeness (QED) is 0.197. The Balaban J connectivity index is 1.56. The van der Waals surface area contributed by atoms with Gasteiger partial charge in [0.1, 0.15) is 0 Å². The van der Waals surface area contributed by atoms with Crippen LogP contribution in [-0.2, 0) is 5.41 Å². The van der Waals surface area contributed by atoms with Crippen molar-refractivity contribution in [2.75, 3.05) is 0 Å². The summed E-state index contributed by atoms with van der Waals surface area (Å²) in [5.74, 6) is 0. The van der Waals surface area contributed by atoms with E-state index in [4.69, 9.17) is 0 Å². The molecule has 0 saturated carbocycles. The van der Waals surface area contributed by atoms with Gasteiger partial charge in [-0.1, -0.05) is 140 Å². The third-order valence-corrected chi connectivity index (χ3v) is 9.30. The van der Waals surface area contributed by atoms with Crippen molar-refractivity contribution in [3.63, 3.8) is 0 Å². The first-order chi connectivity index (χ1) is 19.9. The maximum atomic E-state index is 2.52. The average Bonchev–Trinajstić information content (AvgIpc) is 3.21. The molecule has 0 heterocycles. The van der Waals surface area contributed by atoms with Gasteiger partial charge in [0.05, 0.1) is 0 Å². The fourth-order valence-corrected chi connectivity index (χ4v) is 7.61. The van der Waals surface area contributed by atoms with Gasteiger partial charge in [-0.3, -0.25) is 0 Å². The van der Waals surface area contributed by atoms with Crippen LogP contribution in [0.5, 0.6) is 0 Å². The molecule has 7 aromatic carbocycles. The van der Waals surface area contributed by atoms with Crippen LogP contribution in [0, 0.1) is 13.8 Å². The fourth-order valence-electron chi connectivity index (χ4n) is 7.61. The second kappa shape index (κ2) is 8.66. The molecule has 0 radical (unpaired) electrons. The zero-order valence-electron chi connectivity index (χ0n) is 24.0. The number of hydrogen-bond donors (Lipinski definition) is 0. The number of benzene rings is 7. The summed E-state index contributed by atoms with van der Waals surface area (Å²) in [4.78, 5) is 0. The Morgan fingerprint density at radius 2 is 0.854 bits per heavy atom. The molecule has 0 bridgehead atoms. The summed E-state index contributed by atoms with van der Waals surface area (Å²) in [6.45, 7) is 9.17. The van der Waals surface area contributed by atoms with Crippen molar-refractivity contribution < 1.29 is 0 Å². The number of hydrogen-bond acceptors (Lipinski definition) is 0. The maximum absolute atomic E-state index is 2.52. The zero-order valence-corrected chi connectivity index (χ0v) is 24.0. The molecule has 0 N–H and O–H groups in total. The lowest BCUT2D eigenvalue weighted by Crippen LogP contribution is -2.15. The minimum Gasteiger partial charge on any atom is -0.0619 e. The van der Waals surface area contributed by atoms with Gasteiger partial charge in [-0.25, -0.2) is 0 Å². The predicted molar refractivity (Wildman–Crippen MR) is 177 cm³/mol. The van der Waals surface area contributed by atoms with E-state index in [0.29, 0.717) is 0 Å². The Morgan fingerprint density at radius 3 is 1.44 bits per heavy atom. The van der Waals surface area contributed by atoms with E-state index in [1.54, 1.807) is 0 Å². The molecule has 0 fully saturated rings. The van der Waals surface area contributed by atoms with Crippen LogP contribution < -0.4 is 0 Å². The van der Waals surface area contributed by atoms with Crippen molar-refractivity contribution in [1.82, 2.24) is 0 Å². The van der Waals surface area contributed by atoms with Crippen LogP contribution in [0.4, 0.5) is 0 Å². The molecule has 0 nitrogen and oxygen atoms in total. The van der Waals surface area contributed by atoms with Crippen LogP contribution in [0.3, 0.4) is 0 Å². The monoisotopic (exact) mass is 524 g/mol. The second-order valence-corrected chi connectivity index (χ2v) is 12.3. The van der Waals surface area contributed by atoms with Crippen LogP contribution in [0.25, 0.3) is 65.7 Å². The first kappa shape index (κ1) is 24.1. The van der Waals surface area contributed by atoms with Crippen LogP contribution in [0.2, 0.25) is 0 Å². The lowest BCUT2D eigenvalue weighted by Gasteiger charge is -2.24. The van der Waals surface area contributed by atoms with Crippen molar-refractivity contribution in [2.45, 2.75) is 33.1 Å². The summed E-state index contributed by atoms with van der Waals surface area (Å²) in [6, 6.07) is 45.5. The zero-order chi connectivity index (χ0) is 27.9. The molecule has 0 amide bonds. The molecule has 0 aliphatic heterocycles. The number of fused-ring (bicyclic) bond motifs is 7. The number of rotatable bonds is 2. The van der Waals surface area contributed by atoms with Gasteiger partial charge in [-0.05, 0) is 96.7 Å². The largest absolute Gasteiger partial charge is 0.0619 e.